The van der Waals surface area contributed by atoms with Gasteiger partial charge in [-0.05, 0) is 24.3 Å². The van der Waals surface area contributed by atoms with Gasteiger partial charge >= 0.3 is 0 Å². The van der Waals surface area contributed by atoms with E-state index in [9.17, 15) is 0 Å². The standard InChI is InChI=1S/C14H18ClN5O3/c15-9-1-3-10(4-2-9)23-11-12(17-5-7-21)19-14(16)20-13(11)18-6-8-22/h1-4,21-22H,5-8H2,(H4,16,17,18,19,20). The lowest BCUT2D eigenvalue weighted by Crippen LogP contribution is -2.14. The molecule has 1 aromatic carbocycles. The number of halogens is 1. The summed E-state index contributed by atoms with van der Waals surface area (Å²) in [5.74, 6) is 1.54. The van der Waals surface area contributed by atoms with E-state index in [1.807, 2.05) is 0 Å². The van der Waals surface area contributed by atoms with Crippen LogP contribution in [0.5, 0.6) is 11.5 Å². The van der Waals surface area contributed by atoms with Gasteiger partial charge < -0.3 is 31.3 Å². The molecular weight excluding hydrogens is 322 g/mol. The Morgan fingerprint density at radius 1 is 1.00 bits per heavy atom. The molecule has 1 heterocycles. The van der Waals surface area contributed by atoms with Crippen LogP contribution in [0, 0.1) is 0 Å². The van der Waals surface area contributed by atoms with Crippen molar-refractivity contribution in [1.82, 2.24) is 9.97 Å². The van der Waals surface area contributed by atoms with Crippen molar-refractivity contribution < 1.29 is 14.9 Å². The summed E-state index contributed by atoms with van der Waals surface area (Å²) in [6.45, 7) is 0.382. The van der Waals surface area contributed by atoms with Gasteiger partial charge in [0, 0.05) is 18.1 Å². The van der Waals surface area contributed by atoms with E-state index >= 15 is 0 Å². The van der Waals surface area contributed by atoms with Crippen LogP contribution in [0.25, 0.3) is 0 Å². The number of anilines is 3. The Balaban J connectivity index is 2.36. The minimum Gasteiger partial charge on any atom is -0.450 e. The molecule has 2 aromatic rings. The normalized spacial score (nSPS) is 10.4. The molecule has 0 radical (unpaired) electrons. The van der Waals surface area contributed by atoms with Crippen LogP contribution in [0.1, 0.15) is 0 Å². The number of nitrogen functional groups attached to an aromatic ring is 1. The van der Waals surface area contributed by atoms with Gasteiger partial charge in [-0.3, -0.25) is 0 Å². The van der Waals surface area contributed by atoms with Crippen LogP contribution < -0.4 is 21.1 Å². The minimum atomic E-state index is -0.0797. The molecule has 0 unspecified atom stereocenters. The van der Waals surface area contributed by atoms with Gasteiger partial charge in [0.15, 0.2) is 11.6 Å². The number of hydrogen-bond acceptors (Lipinski definition) is 8. The molecule has 0 bridgehead atoms. The number of aliphatic hydroxyl groups is 2. The number of aromatic nitrogens is 2. The third kappa shape index (κ3) is 4.85. The van der Waals surface area contributed by atoms with Crippen LogP contribution in [-0.2, 0) is 0 Å². The molecule has 0 aliphatic heterocycles. The molecule has 0 aliphatic rings. The topological polar surface area (TPSA) is 126 Å². The molecule has 23 heavy (non-hydrogen) atoms. The van der Waals surface area contributed by atoms with Gasteiger partial charge in [0.05, 0.1) is 13.2 Å². The van der Waals surface area contributed by atoms with Crippen LogP contribution in [-0.4, -0.2) is 46.5 Å². The number of nitrogens with one attached hydrogen (secondary N) is 2. The zero-order valence-electron chi connectivity index (χ0n) is 12.3. The van der Waals surface area contributed by atoms with Gasteiger partial charge in [0.25, 0.3) is 0 Å². The maximum absolute atomic E-state index is 8.98. The number of hydrogen-bond donors (Lipinski definition) is 5. The van der Waals surface area contributed by atoms with Crippen molar-refractivity contribution in [3.8, 4) is 11.5 Å². The second kappa shape index (κ2) is 8.37. The Morgan fingerprint density at radius 3 is 2.00 bits per heavy atom. The third-order valence-electron chi connectivity index (χ3n) is 2.72. The van der Waals surface area contributed by atoms with Crippen molar-refractivity contribution in [1.29, 1.82) is 0 Å². The van der Waals surface area contributed by atoms with Crippen LogP contribution in [0.2, 0.25) is 5.02 Å². The van der Waals surface area contributed by atoms with Gasteiger partial charge in [-0.25, -0.2) is 0 Å². The third-order valence-corrected chi connectivity index (χ3v) is 2.98. The molecule has 2 rings (SSSR count). The van der Waals surface area contributed by atoms with Crippen LogP contribution in [0.15, 0.2) is 24.3 Å². The lowest BCUT2D eigenvalue weighted by molar-refractivity contribution is 0.310. The Hall–Kier alpha value is -2.29. The van der Waals surface area contributed by atoms with Crippen LogP contribution in [0.3, 0.4) is 0 Å². The molecule has 0 fully saturated rings. The summed E-state index contributed by atoms with van der Waals surface area (Å²) in [7, 11) is 0. The van der Waals surface area contributed by atoms with E-state index in [1.54, 1.807) is 24.3 Å². The summed E-state index contributed by atoms with van der Waals surface area (Å²) in [6.07, 6.45) is 0. The number of ether oxygens (including phenoxy) is 1. The van der Waals surface area contributed by atoms with E-state index in [0.29, 0.717) is 28.2 Å². The van der Waals surface area contributed by atoms with E-state index < -0.39 is 0 Å². The first-order chi connectivity index (χ1) is 11.1. The summed E-state index contributed by atoms with van der Waals surface area (Å²) in [6, 6.07) is 6.78. The average Bonchev–Trinajstić information content (AvgIpc) is 2.55. The van der Waals surface area contributed by atoms with E-state index in [4.69, 9.17) is 32.3 Å². The van der Waals surface area contributed by atoms with Gasteiger partial charge in [-0.2, -0.15) is 9.97 Å². The maximum atomic E-state index is 8.98. The molecule has 0 saturated carbocycles. The van der Waals surface area contributed by atoms with Crippen LogP contribution >= 0.6 is 11.6 Å². The zero-order chi connectivity index (χ0) is 16.7. The van der Waals surface area contributed by atoms with Gasteiger partial charge in [-0.1, -0.05) is 11.6 Å². The molecule has 0 amide bonds. The first kappa shape index (κ1) is 17.1. The van der Waals surface area contributed by atoms with Crippen molar-refractivity contribution in [2.45, 2.75) is 0 Å². The number of nitrogens with two attached hydrogens (primary N) is 1. The predicted octanol–water partition coefficient (Wildman–Crippen LogP) is 1.31. The Bertz CT molecular complexity index is 610. The van der Waals surface area contributed by atoms with Crippen molar-refractivity contribution >= 4 is 29.2 Å². The Kier molecular flexibility index (Phi) is 6.21. The molecular formula is C14H18ClN5O3. The minimum absolute atomic E-state index is 0.0364. The first-order valence-electron chi connectivity index (χ1n) is 6.94. The summed E-state index contributed by atoms with van der Waals surface area (Å²) in [5, 5.41) is 24.4. The number of benzene rings is 1. The first-order valence-corrected chi connectivity index (χ1v) is 7.32. The predicted molar refractivity (Wildman–Crippen MR) is 89.1 cm³/mol. The SMILES string of the molecule is Nc1nc(NCCO)c(Oc2ccc(Cl)cc2)c(NCCO)n1. The summed E-state index contributed by atoms with van der Waals surface area (Å²) in [4.78, 5) is 8.17. The molecule has 1 aromatic heterocycles. The van der Waals surface area contributed by atoms with Crippen molar-refractivity contribution in [3.63, 3.8) is 0 Å². The molecule has 124 valence electrons. The number of nitrogens with zero attached hydrogens (tertiary/aromatic N) is 2. The summed E-state index contributed by atoms with van der Waals surface area (Å²) < 4.78 is 5.82. The highest BCUT2D eigenvalue weighted by Crippen LogP contribution is 2.35. The number of rotatable bonds is 8. The quantitative estimate of drug-likeness (QED) is 0.487. The van der Waals surface area contributed by atoms with E-state index in [-0.39, 0.29) is 32.3 Å². The molecule has 0 spiro atoms. The second-order valence-corrected chi connectivity index (χ2v) is 4.90. The van der Waals surface area contributed by atoms with Crippen molar-refractivity contribution in [2.75, 3.05) is 42.7 Å². The highest BCUT2D eigenvalue weighted by molar-refractivity contribution is 6.30. The fourth-order valence-electron chi connectivity index (χ4n) is 1.77. The molecule has 6 N–H and O–H groups in total. The lowest BCUT2D eigenvalue weighted by atomic mass is 10.3. The van der Waals surface area contributed by atoms with Gasteiger partial charge in [0.2, 0.25) is 11.7 Å². The van der Waals surface area contributed by atoms with E-state index in [0.717, 1.165) is 0 Å². The molecule has 0 aliphatic carbocycles. The molecule has 0 saturated heterocycles. The maximum Gasteiger partial charge on any atom is 0.224 e. The van der Waals surface area contributed by atoms with Gasteiger partial charge in [0.1, 0.15) is 5.75 Å². The largest absolute Gasteiger partial charge is 0.450 e. The lowest BCUT2D eigenvalue weighted by Gasteiger charge is -2.16. The highest BCUT2D eigenvalue weighted by Gasteiger charge is 2.16. The monoisotopic (exact) mass is 339 g/mol. The van der Waals surface area contributed by atoms with E-state index in [1.165, 1.54) is 0 Å². The number of aliphatic hydroxyl groups excluding tert-OH is 2. The summed E-state index contributed by atoms with van der Waals surface area (Å²) in [5.41, 5.74) is 5.68. The smallest absolute Gasteiger partial charge is 0.224 e. The Morgan fingerprint density at radius 2 is 1.52 bits per heavy atom. The van der Waals surface area contributed by atoms with Crippen LogP contribution in [0.4, 0.5) is 17.6 Å². The average molecular weight is 340 g/mol. The fourth-order valence-corrected chi connectivity index (χ4v) is 1.90. The molecule has 8 nitrogen and oxygen atoms in total. The zero-order valence-corrected chi connectivity index (χ0v) is 13.0. The highest BCUT2D eigenvalue weighted by atomic mass is 35.5. The summed E-state index contributed by atoms with van der Waals surface area (Å²) >= 11 is 5.86. The fraction of sp³-hybridized carbons (Fsp3) is 0.286. The molecule has 9 heteroatoms. The Labute approximate surface area is 138 Å². The van der Waals surface area contributed by atoms with E-state index in [2.05, 4.69) is 20.6 Å². The van der Waals surface area contributed by atoms with Gasteiger partial charge in [-0.15, -0.1) is 0 Å². The second-order valence-electron chi connectivity index (χ2n) is 4.46. The van der Waals surface area contributed by atoms with Crippen molar-refractivity contribution in [3.05, 3.63) is 29.3 Å². The van der Waals surface area contributed by atoms with Crippen molar-refractivity contribution in [2.24, 2.45) is 0 Å². The molecule has 0 atom stereocenters.